The SMILES string of the molecule is C=N/C(=C\N(N)CCCCCCC)CCC(C)C. The van der Waals surface area contributed by atoms with E-state index in [9.17, 15) is 0 Å². The van der Waals surface area contributed by atoms with E-state index < -0.39 is 0 Å². The van der Waals surface area contributed by atoms with E-state index in [4.69, 9.17) is 5.84 Å². The van der Waals surface area contributed by atoms with Gasteiger partial charge in [0.25, 0.3) is 0 Å². The lowest BCUT2D eigenvalue weighted by atomic mass is 10.1. The van der Waals surface area contributed by atoms with Crippen molar-refractivity contribution in [2.24, 2.45) is 16.8 Å². The van der Waals surface area contributed by atoms with Crippen LogP contribution in [-0.4, -0.2) is 18.3 Å². The normalized spacial score (nSPS) is 11.9. The first-order valence-corrected chi connectivity index (χ1v) is 7.28. The Kier molecular flexibility index (Phi) is 10.8. The zero-order valence-corrected chi connectivity index (χ0v) is 12.5. The molecule has 0 heterocycles. The van der Waals surface area contributed by atoms with Gasteiger partial charge in [0.1, 0.15) is 0 Å². The highest BCUT2D eigenvalue weighted by molar-refractivity contribution is 5.28. The van der Waals surface area contributed by atoms with E-state index in [1.54, 1.807) is 5.01 Å². The van der Waals surface area contributed by atoms with Gasteiger partial charge in [0, 0.05) is 12.7 Å². The molecule has 0 aliphatic carbocycles. The number of hydrogen-bond acceptors (Lipinski definition) is 3. The molecule has 3 heteroatoms. The minimum atomic E-state index is 0.690. The van der Waals surface area contributed by atoms with Crippen molar-refractivity contribution < 1.29 is 0 Å². The van der Waals surface area contributed by atoms with Crippen LogP contribution in [0.1, 0.15) is 65.7 Å². The highest BCUT2D eigenvalue weighted by Gasteiger charge is 2.00. The first-order valence-electron chi connectivity index (χ1n) is 7.28. The van der Waals surface area contributed by atoms with Gasteiger partial charge in [-0.3, -0.25) is 4.99 Å². The maximum Gasteiger partial charge on any atom is 0.0569 e. The van der Waals surface area contributed by atoms with Gasteiger partial charge >= 0.3 is 0 Å². The van der Waals surface area contributed by atoms with Crippen molar-refractivity contribution in [3.63, 3.8) is 0 Å². The van der Waals surface area contributed by atoms with Crippen LogP contribution in [0.25, 0.3) is 0 Å². The molecular weight excluding hydrogens is 222 g/mol. The van der Waals surface area contributed by atoms with Gasteiger partial charge < -0.3 is 5.01 Å². The van der Waals surface area contributed by atoms with E-state index in [1.165, 1.54) is 25.7 Å². The summed E-state index contributed by atoms with van der Waals surface area (Å²) in [6.07, 6.45) is 10.4. The topological polar surface area (TPSA) is 41.6 Å². The Labute approximate surface area is 113 Å². The van der Waals surface area contributed by atoms with E-state index in [0.29, 0.717) is 5.92 Å². The van der Waals surface area contributed by atoms with Crippen LogP contribution in [0.15, 0.2) is 16.9 Å². The third-order valence-electron chi connectivity index (χ3n) is 3.02. The Hall–Kier alpha value is -0.830. The minimum Gasteiger partial charge on any atom is -0.316 e. The molecular formula is C15H31N3. The fourth-order valence-electron chi connectivity index (χ4n) is 1.77. The van der Waals surface area contributed by atoms with Gasteiger partial charge in [-0.2, -0.15) is 0 Å². The predicted octanol–water partition coefficient (Wildman–Crippen LogP) is 4.11. The molecule has 0 aromatic carbocycles. The highest BCUT2D eigenvalue weighted by atomic mass is 15.4. The summed E-state index contributed by atoms with van der Waals surface area (Å²) < 4.78 is 0. The summed E-state index contributed by atoms with van der Waals surface area (Å²) in [4.78, 5) is 4.05. The summed E-state index contributed by atoms with van der Waals surface area (Å²) in [5.41, 5.74) is 1.000. The largest absolute Gasteiger partial charge is 0.316 e. The zero-order chi connectivity index (χ0) is 13.8. The van der Waals surface area contributed by atoms with Crippen LogP contribution in [0.4, 0.5) is 0 Å². The molecule has 2 N–H and O–H groups in total. The standard InChI is InChI=1S/C15H31N3/c1-5-6-7-8-9-12-18(16)13-15(17-4)11-10-14(2)3/h13-14H,4-12,16H2,1-3H3/b15-13-. The van der Waals surface area contributed by atoms with E-state index in [1.807, 2.05) is 6.20 Å². The van der Waals surface area contributed by atoms with Crippen LogP contribution < -0.4 is 5.84 Å². The third-order valence-corrected chi connectivity index (χ3v) is 3.02. The van der Waals surface area contributed by atoms with Gasteiger partial charge in [0.05, 0.1) is 5.70 Å². The Morgan fingerprint density at radius 2 is 1.94 bits per heavy atom. The first kappa shape index (κ1) is 17.2. The van der Waals surface area contributed by atoms with E-state index >= 15 is 0 Å². The molecule has 0 atom stereocenters. The van der Waals surface area contributed by atoms with Crippen LogP contribution >= 0.6 is 0 Å². The highest BCUT2D eigenvalue weighted by Crippen LogP contribution is 2.12. The van der Waals surface area contributed by atoms with Gasteiger partial charge in [-0.25, -0.2) is 5.84 Å². The molecule has 0 bridgehead atoms. The van der Waals surface area contributed by atoms with Gasteiger partial charge in [-0.1, -0.05) is 46.5 Å². The van der Waals surface area contributed by atoms with Crippen molar-refractivity contribution in [2.45, 2.75) is 65.7 Å². The lowest BCUT2D eigenvalue weighted by molar-refractivity contribution is 0.372. The van der Waals surface area contributed by atoms with Gasteiger partial charge in [-0.05, 0) is 31.9 Å². The number of allylic oxidation sites excluding steroid dienone is 1. The van der Waals surface area contributed by atoms with E-state index in [0.717, 1.165) is 31.5 Å². The van der Waals surface area contributed by atoms with Gasteiger partial charge in [0.2, 0.25) is 0 Å². The molecule has 0 radical (unpaired) electrons. The fraction of sp³-hybridized carbons (Fsp3) is 0.800. The molecule has 0 spiro atoms. The molecule has 0 fully saturated rings. The van der Waals surface area contributed by atoms with Crippen molar-refractivity contribution in [3.8, 4) is 0 Å². The monoisotopic (exact) mass is 253 g/mol. The quantitative estimate of drug-likeness (QED) is 0.260. The fourth-order valence-corrected chi connectivity index (χ4v) is 1.77. The second-order valence-electron chi connectivity index (χ2n) is 5.36. The number of nitrogens with two attached hydrogens (primary N) is 1. The second kappa shape index (κ2) is 11.3. The Bertz CT molecular complexity index is 234. The molecule has 0 aromatic rings. The van der Waals surface area contributed by atoms with Crippen molar-refractivity contribution in [2.75, 3.05) is 6.54 Å². The summed E-state index contributed by atoms with van der Waals surface area (Å²) in [5, 5.41) is 1.76. The van der Waals surface area contributed by atoms with Gasteiger partial charge in [-0.15, -0.1) is 0 Å². The van der Waals surface area contributed by atoms with Crippen molar-refractivity contribution in [1.29, 1.82) is 0 Å². The molecule has 0 saturated carbocycles. The molecule has 0 aliphatic heterocycles. The first-order chi connectivity index (χ1) is 8.60. The van der Waals surface area contributed by atoms with Crippen molar-refractivity contribution in [3.05, 3.63) is 11.9 Å². The van der Waals surface area contributed by atoms with Crippen LogP contribution in [-0.2, 0) is 0 Å². The maximum absolute atomic E-state index is 5.94. The Morgan fingerprint density at radius 3 is 2.50 bits per heavy atom. The molecule has 3 nitrogen and oxygen atoms in total. The third kappa shape index (κ3) is 10.3. The number of aliphatic imine (C=N–C) groups is 1. The summed E-state index contributed by atoms with van der Waals surface area (Å²) in [6.45, 7) is 11.2. The number of rotatable bonds is 11. The number of hydrogen-bond donors (Lipinski definition) is 1. The van der Waals surface area contributed by atoms with Gasteiger partial charge in [0.15, 0.2) is 0 Å². The lowest BCUT2D eigenvalue weighted by Gasteiger charge is -2.15. The van der Waals surface area contributed by atoms with Crippen LogP contribution in [0, 0.1) is 5.92 Å². The molecule has 0 amide bonds. The average Bonchev–Trinajstić information content (AvgIpc) is 2.34. The zero-order valence-electron chi connectivity index (χ0n) is 12.5. The predicted molar refractivity (Wildman–Crippen MR) is 81.4 cm³/mol. The number of nitrogens with zero attached hydrogens (tertiary/aromatic N) is 2. The summed E-state index contributed by atoms with van der Waals surface area (Å²) in [6, 6.07) is 0. The molecule has 0 saturated heterocycles. The van der Waals surface area contributed by atoms with Crippen LogP contribution in [0.5, 0.6) is 0 Å². The van der Waals surface area contributed by atoms with Crippen LogP contribution in [0.2, 0.25) is 0 Å². The summed E-state index contributed by atoms with van der Waals surface area (Å²) in [7, 11) is 0. The number of hydrazine groups is 1. The Balaban J connectivity index is 3.84. The molecule has 0 unspecified atom stereocenters. The lowest BCUT2D eigenvalue weighted by Crippen LogP contribution is -2.26. The molecule has 0 aliphatic rings. The number of unbranched alkanes of at least 4 members (excludes halogenated alkanes) is 4. The van der Waals surface area contributed by atoms with Crippen LogP contribution in [0.3, 0.4) is 0 Å². The van der Waals surface area contributed by atoms with Crippen molar-refractivity contribution >= 4 is 6.72 Å². The molecule has 0 aromatic heterocycles. The molecule has 106 valence electrons. The Morgan fingerprint density at radius 1 is 1.28 bits per heavy atom. The minimum absolute atomic E-state index is 0.690. The molecule has 0 rings (SSSR count). The van der Waals surface area contributed by atoms with Crippen molar-refractivity contribution in [1.82, 2.24) is 5.01 Å². The van der Waals surface area contributed by atoms with E-state index in [2.05, 4.69) is 32.5 Å². The second-order valence-corrected chi connectivity index (χ2v) is 5.36. The summed E-state index contributed by atoms with van der Waals surface area (Å²) in [5.74, 6) is 6.63. The summed E-state index contributed by atoms with van der Waals surface area (Å²) >= 11 is 0. The van der Waals surface area contributed by atoms with E-state index in [-0.39, 0.29) is 0 Å². The molecule has 18 heavy (non-hydrogen) atoms. The maximum atomic E-state index is 5.94. The smallest absolute Gasteiger partial charge is 0.0569 e. The average molecular weight is 253 g/mol.